The van der Waals surface area contributed by atoms with E-state index in [1.165, 1.54) is 21.6 Å². The number of hydrogen-bond acceptors (Lipinski definition) is 4. The lowest BCUT2D eigenvalue weighted by atomic mass is 10.1. The van der Waals surface area contributed by atoms with Crippen LogP contribution in [0.25, 0.3) is 0 Å². The van der Waals surface area contributed by atoms with Gasteiger partial charge in [0.05, 0.1) is 0 Å². The highest BCUT2D eigenvalue weighted by molar-refractivity contribution is 8.78. The highest BCUT2D eigenvalue weighted by Gasteiger charge is 2.56. The number of nitrogens with one attached hydrogen (secondary N) is 2. The molecule has 0 saturated carbocycles. The van der Waals surface area contributed by atoms with Gasteiger partial charge in [0.1, 0.15) is 0 Å². The van der Waals surface area contributed by atoms with Crippen LogP contribution in [0, 0.1) is 0 Å². The van der Waals surface area contributed by atoms with Crippen LogP contribution in [0.4, 0.5) is 0 Å². The predicted molar refractivity (Wildman–Crippen MR) is 48.3 cm³/mol. The van der Waals surface area contributed by atoms with Crippen molar-refractivity contribution in [2.75, 3.05) is 0 Å². The summed E-state index contributed by atoms with van der Waals surface area (Å²) in [6.45, 7) is 3.41. The molecule has 0 radical (unpaired) electrons. The van der Waals surface area contributed by atoms with Crippen LogP contribution >= 0.6 is 21.6 Å². The van der Waals surface area contributed by atoms with Crippen molar-refractivity contribution in [1.82, 2.24) is 10.6 Å². The van der Waals surface area contributed by atoms with Gasteiger partial charge in [-0.15, -0.1) is 0 Å². The molecule has 0 spiro atoms. The average Bonchev–Trinajstić information content (AvgIpc) is 1.96. The first-order chi connectivity index (χ1) is 5.46. The molecule has 2 amide bonds. The molecule has 6 heteroatoms. The summed E-state index contributed by atoms with van der Waals surface area (Å²) < 4.78 is 0. The fraction of sp³-hybridized carbons (Fsp3) is 0.667. The smallest absolute Gasteiger partial charge is 0.258 e. The SMILES string of the molecule is CC12NC(=O)C(C)(NC1=O)SS2. The Morgan fingerprint density at radius 1 is 1.00 bits per heavy atom. The van der Waals surface area contributed by atoms with Gasteiger partial charge in [-0.1, -0.05) is 21.6 Å². The molecule has 2 bridgehead atoms. The molecule has 3 saturated heterocycles. The fourth-order valence-corrected chi connectivity index (χ4v) is 3.63. The van der Waals surface area contributed by atoms with Gasteiger partial charge >= 0.3 is 0 Å². The molecule has 66 valence electrons. The molecule has 3 aliphatic rings. The van der Waals surface area contributed by atoms with Gasteiger partial charge in [0.2, 0.25) is 0 Å². The highest BCUT2D eigenvalue weighted by Crippen LogP contribution is 2.49. The van der Waals surface area contributed by atoms with Gasteiger partial charge in [-0.3, -0.25) is 9.59 Å². The summed E-state index contributed by atoms with van der Waals surface area (Å²) in [7, 11) is 2.80. The Kier molecular flexibility index (Phi) is 1.45. The number of carbonyl (C=O) groups excluding carboxylic acids is 2. The second-order valence-corrected chi connectivity index (χ2v) is 6.11. The van der Waals surface area contributed by atoms with Crippen molar-refractivity contribution in [3.05, 3.63) is 0 Å². The zero-order chi connectivity index (χ0) is 8.98. The summed E-state index contributed by atoms with van der Waals surface area (Å²) in [4.78, 5) is 21.2. The van der Waals surface area contributed by atoms with Crippen molar-refractivity contribution >= 4 is 33.4 Å². The van der Waals surface area contributed by atoms with E-state index in [-0.39, 0.29) is 11.8 Å². The third kappa shape index (κ3) is 0.877. The summed E-state index contributed by atoms with van der Waals surface area (Å²) in [5, 5.41) is 5.35. The molecule has 3 fully saturated rings. The number of carbonyl (C=O) groups is 2. The number of amides is 2. The Labute approximate surface area is 77.6 Å². The van der Waals surface area contributed by atoms with Gasteiger partial charge in [0, 0.05) is 0 Å². The maximum Gasteiger partial charge on any atom is 0.258 e. The Morgan fingerprint density at radius 3 is 1.58 bits per heavy atom. The molecule has 0 aliphatic carbocycles. The Balaban J connectivity index is 2.40. The van der Waals surface area contributed by atoms with E-state index in [4.69, 9.17) is 0 Å². The van der Waals surface area contributed by atoms with Crippen LogP contribution in [0.2, 0.25) is 0 Å². The summed E-state index contributed by atoms with van der Waals surface area (Å²) in [6, 6.07) is 0. The second kappa shape index (κ2) is 2.11. The lowest BCUT2D eigenvalue weighted by Crippen LogP contribution is -2.73. The van der Waals surface area contributed by atoms with E-state index < -0.39 is 9.74 Å². The zero-order valence-corrected chi connectivity index (χ0v) is 8.27. The van der Waals surface area contributed by atoms with Crippen molar-refractivity contribution in [3.63, 3.8) is 0 Å². The molecular weight excluding hydrogens is 196 g/mol. The van der Waals surface area contributed by atoms with Crippen molar-refractivity contribution in [3.8, 4) is 0 Å². The van der Waals surface area contributed by atoms with Gasteiger partial charge in [0.15, 0.2) is 9.74 Å². The Morgan fingerprint density at radius 2 is 1.33 bits per heavy atom. The normalized spacial score (nSPS) is 45.5. The van der Waals surface area contributed by atoms with E-state index in [1.807, 2.05) is 0 Å². The molecule has 0 aromatic rings. The van der Waals surface area contributed by atoms with Gasteiger partial charge in [-0.2, -0.15) is 0 Å². The van der Waals surface area contributed by atoms with Crippen LogP contribution in [-0.4, -0.2) is 21.6 Å². The van der Waals surface area contributed by atoms with E-state index in [9.17, 15) is 9.59 Å². The summed E-state index contributed by atoms with van der Waals surface area (Å²) in [6.07, 6.45) is 0. The standard InChI is InChI=1S/C6H8N2O2S2/c1-5-3(9)8-6(2,12-11-5)4(10)7-5/h1-2H3,(H,7,10)(H,8,9). The maximum absolute atomic E-state index is 11.4. The van der Waals surface area contributed by atoms with Crippen LogP contribution in [0.3, 0.4) is 0 Å². The summed E-state index contributed by atoms with van der Waals surface area (Å²) in [5.74, 6) is -0.235. The third-order valence-electron chi connectivity index (χ3n) is 1.95. The largest absolute Gasteiger partial charge is 0.330 e. The maximum atomic E-state index is 11.4. The van der Waals surface area contributed by atoms with E-state index in [1.54, 1.807) is 13.8 Å². The Bertz CT molecular complexity index is 255. The minimum absolute atomic E-state index is 0.117. The fourth-order valence-electron chi connectivity index (χ4n) is 1.07. The van der Waals surface area contributed by atoms with Crippen LogP contribution < -0.4 is 10.6 Å². The van der Waals surface area contributed by atoms with E-state index >= 15 is 0 Å². The second-order valence-electron chi connectivity index (χ2n) is 3.14. The first-order valence-electron chi connectivity index (χ1n) is 3.48. The molecule has 12 heavy (non-hydrogen) atoms. The Hall–Kier alpha value is -0.360. The molecular formula is C6H8N2O2S2. The molecule has 2 atom stereocenters. The summed E-state index contributed by atoms with van der Waals surface area (Å²) in [5.41, 5.74) is 0. The number of rotatable bonds is 0. The van der Waals surface area contributed by atoms with Gasteiger partial charge in [-0.25, -0.2) is 0 Å². The molecule has 2 unspecified atom stereocenters. The lowest BCUT2D eigenvalue weighted by molar-refractivity contribution is -0.138. The van der Waals surface area contributed by atoms with Crippen LogP contribution in [-0.2, 0) is 9.59 Å². The van der Waals surface area contributed by atoms with Crippen LogP contribution in [0.15, 0.2) is 0 Å². The highest BCUT2D eigenvalue weighted by atomic mass is 33.1. The third-order valence-corrected chi connectivity index (χ3v) is 5.52. The van der Waals surface area contributed by atoms with E-state index in [2.05, 4.69) is 10.6 Å². The summed E-state index contributed by atoms with van der Waals surface area (Å²) >= 11 is 0. The average molecular weight is 204 g/mol. The van der Waals surface area contributed by atoms with E-state index in [0.717, 1.165) is 0 Å². The van der Waals surface area contributed by atoms with Crippen molar-refractivity contribution in [2.45, 2.75) is 23.6 Å². The van der Waals surface area contributed by atoms with Crippen LogP contribution in [0.5, 0.6) is 0 Å². The molecule has 0 aromatic heterocycles. The minimum atomic E-state index is -0.778. The molecule has 0 aromatic carbocycles. The van der Waals surface area contributed by atoms with Crippen molar-refractivity contribution in [2.24, 2.45) is 0 Å². The predicted octanol–water partition coefficient (Wildman–Crippen LogP) is 0.0598. The van der Waals surface area contributed by atoms with Gasteiger partial charge in [-0.05, 0) is 13.8 Å². The topological polar surface area (TPSA) is 58.2 Å². The molecule has 3 aliphatic heterocycles. The van der Waals surface area contributed by atoms with E-state index in [0.29, 0.717) is 0 Å². The quantitative estimate of drug-likeness (QED) is 0.548. The first-order valence-corrected chi connectivity index (χ1v) is 5.63. The van der Waals surface area contributed by atoms with Crippen molar-refractivity contribution < 1.29 is 9.59 Å². The van der Waals surface area contributed by atoms with Crippen LogP contribution in [0.1, 0.15) is 13.8 Å². The minimum Gasteiger partial charge on any atom is -0.330 e. The number of piperazine rings is 1. The molecule has 3 rings (SSSR count). The number of hydrogen-bond donors (Lipinski definition) is 2. The first kappa shape index (κ1) is 8.25. The molecule has 4 nitrogen and oxygen atoms in total. The molecule has 2 N–H and O–H groups in total. The van der Waals surface area contributed by atoms with Crippen molar-refractivity contribution in [1.29, 1.82) is 0 Å². The zero-order valence-electron chi connectivity index (χ0n) is 6.63. The molecule has 3 heterocycles. The monoisotopic (exact) mass is 204 g/mol. The van der Waals surface area contributed by atoms with Gasteiger partial charge in [0.25, 0.3) is 11.8 Å². The number of fused-ring (bicyclic) bond motifs is 3. The lowest BCUT2D eigenvalue weighted by Gasteiger charge is -2.47. The van der Waals surface area contributed by atoms with Gasteiger partial charge < -0.3 is 10.6 Å².